The average molecular weight is 267 g/mol. The van der Waals surface area contributed by atoms with Gasteiger partial charge in [0.25, 0.3) is 0 Å². The number of fused-ring (bicyclic) bond motifs is 1. The second-order valence-electron chi connectivity index (χ2n) is 4.94. The number of nitrogens with zero attached hydrogens (tertiary/aromatic N) is 2. The smallest absolute Gasteiger partial charge is 0.125 e. The second kappa shape index (κ2) is 5.19. The molecule has 0 fully saturated rings. The van der Waals surface area contributed by atoms with Crippen LogP contribution in [0.15, 0.2) is 18.2 Å². The third kappa shape index (κ3) is 2.46. The van der Waals surface area contributed by atoms with Crippen LogP contribution in [-0.4, -0.2) is 15.7 Å². The summed E-state index contributed by atoms with van der Waals surface area (Å²) in [6.45, 7) is 8.30. The minimum atomic E-state index is 0.169. The van der Waals surface area contributed by atoms with Crippen LogP contribution in [-0.2, 0) is 5.88 Å². The van der Waals surface area contributed by atoms with Gasteiger partial charge in [0, 0.05) is 12.1 Å². The van der Waals surface area contributed by atoms with E-state index in [2.05, 4.69) is 29.5 Å². The van der Waals surface area contributed by atoms with Crippen LogP contribution in [0.1, 0.15) is 39.6 Å². The van der Waals surface area contributed by atoms with Gasteiger partial charge in [0.2, 0.25) is 0 Å². The van der Waals surface area contributed by atoms with Gasteiger partial charge in [-0.1, -0.05) is 0 Å². The quantitative estimate of drug-likeness (QED) is 0.778. The molecular weight excluding hydrogens is 248 g/mol. The molecule has 0 spiro atoms. The standard InChI is InChI=1S/C14H19ClN2O/c1-9(2)17-13-6-5-11(18-10(3)4)7-12(13)16-14(17)8-15/h5-7,9-10H,8H2,1-4H3. The van der Waals surface area contributed by atoms with Crippen LogP contribution in [0.3, 0.4) is 0 Å². The molecule has 1 aromatic heterocycles. The Bertz CT molecular complexity index is 546. The van der Waals surface area contributed by atoms with Gasteiger partial charge in [-0.25, -0.2) is 4.98 Å². The van der Waals surface area contributed by atoms with Gasteiger partial charge in [0.1, 0.15) is 11.6 Å². The van der Waals surface area contributed by atoms with Gasteiger partial charge in [-0.05, 0) is 39.8 Å². The van der Waals surface area contributed by atoms with Crippen molar-refractivity contribution in [3.63, 3.8) is 0 Å². The highest BCUT2D eigenvalue weighted by Gasteiger charge is 2.13. The van der Waals surface area contributed by atoms with Gasteiger partial charge < -0.3 is 9.30 Å². The lowest BCUT2D eigenvalue weighted by atomic mass is 10.2. The summed E-state index contributed by atoms with van der Waals surface area (Å²) in [5.41, 5.74) is 2.05. The Morgan fingerprint density at radius 2 is 2.00 bits per heavy atom. The highest BCUT2D eigenvalue weighted by atomic mass is 35.5. The fourth-order valence-corrected chi connectivity index (χ4v) is 2.33. The predicted molar refractivity (Wildman–Crippen MR) is 75.4 cm³/mol. The van der Waals surface area contributed by atoms with Gasteiger partial charge in [-0.2, -0.15) is 0 Å². The summed E-state index contributed by atoms with van der Waals surface area (Å²) >= 11 is 5.96. The van der Waals surface area contributed by atoms with Crippen molar-refractivity contribution in [2.45, 2.75) is 45.7 Å². The lowest BCUT2D eigenvalue weighted by Crippen LogP contribution is -2.06. The number of rotatable bonds is 4. The highest BCUT2D eigenvalue weighted by Crippen LogP contribution is 2.26. The van der Waals surface area contributed by atoms with Gasteiger partial charge in [-0.3, -0.25) is 0 Å². The van der Waals surface area contributed by atoms with E-state index in [0.29, 0.717) is 11.9 Å². The van der Waals surface area contributed by atoms with Crippen LogP contribution in [0.2, 0.25) is 0 Å². The van der Waals surface area contributed by atoms with Crippen LogP contribution in [0.4, 0.5) is 0 Å². The van der Waals surface area contributed by atoms with Gasteiger partial charge in [0.05, 0.1) is 23.0 Å². The molecule has 0 aliphatic rings. The van der Waals surface area contributed by atoms with Crippen LogP contribution < -0.4 is 4.74 Å². The molecule has 0 radical (unpaired) electrons. The number of imidazole rings is 1. The summed E-state index contributed by atoms with van der Waals surface area (Å²) < 4.78 is 7.85. The number of alkyl halides is 1. The largest absolute Gasteiger partial charge is 0.491 e. The number of hydrogen-bond acceptors (Lipinski definition) is 2. The predicted octanol–water partition coefficient (Wildman–Crippen LogP) is 4.14. The molecule has 0 unspecified atom stereocenters. The van der Waals surface area contributed by atoms with E-state index < -0.39 is 0 Å². The maximum Gasteiger partial charge on any atom is 0.125 e. The second-order valence-corrected chi connectivity index (χ2v) is 5.21. The molecule has 98 valence electrons. The van der Waals surface area contributed by atoms with E-state index in [4.69, 9.17) is 16.3 Å². The van der Waals surface area contributed by atoms with E-state index in [0.717, 1.165) is 22.6 Å². The summed E-state index contributed by atoms with van der Waals surface area (Å²) in [5.74, 6) is 2.18. The van der Waals surface area contributed by atoms with Gasteiger partial charge in [0.15, 0.2) is 0 Å². The fourth-order valence-electron chi connectivity index (χ4n) is 2.14. The van der Waals surface area contributed by atoms with Crippen LogP contribution in [0, 0.1) is 0 Å². The van der Waals surface area contributed by atoms with Gasteiger partial charge >= 0.3 is 0 Å². The zero-order valence-electron chi connectivity index (χ0n) is 11.3. The SMILES string of the molecule is CC(C)Oc1ccc2c(c1)nc(CCl)n2C(C)C. The molecule has 0 saturated carbocycles. The Hall–Kier alpha value is -1.22. The monoisotopic (exact) mass is 266 g/mol. The minimum Gasteiger partial charge on any atom is -0.491 e. The topological polar surface area (TPSA) is 27.1 Å². The van der Waals surface area contributed by atoms with E-state index in [1.165, 1.54) is 0 Å². The number of hydrogen-bond donors (Lipinski definition) is 0. The number of ether oxygens (including phenoxy) is 1. The lowest BCUT2D eigenvalue weighted by molar-refractivity contribution is 0.242. The van der Waals surface area contributed by atoms with Crippen molar-refractivity contribution in [1.82, 2.24) is 9.55 Å². The third-order valence-electron chi connectivity index (χ3n) is 2.74. The van der Waals surface area contributed by atoms with Crippen molar-refractivity contribution in [3.8, 4) is 5.75 Å². The van der Waals surface area contributed by atoms with E-state index in [1.807, 2.05) is 26.0 Å². The van der Waals surface area contributed by atoms with E-state index >= 15 is 0 Å². The first-order valence-corrected chi connectivity index (χ1v) is 6.80. The maximum atomic E-state index is 5.96. The molecule has 2 aromatic rings. The fraction of sp³-hybridized carbons (Fsp3) is 0.500. The van der Waals surface area contributed by atoms with Crippen molar-refractivity contribution in [3.05, 3.63) is 24.0 Å². The summed E-state index contributed by atoms with van der Waals surface area (Å²) in [7, 11) is 0. The molecule has 0 amide bonds. The highest BCUT2D eigenvalue weighted by molar-refractivity contribution is 6.16. The Balaban J connectivity index is 2.52. The Labute approximate surface area is 113 Å². The molecule has 2 rings (SSSR count). The van der Waals surface area contributed by atoms with Crippen LogP contribution >= 0.6 is 11.6 Å². The molecule has 4 heteroatoms. The Kier molecular flexibility index (Phi) is 3.81. The molecular formula is C14H19ClN2O. The Morgan fingerprint density at radius 1 is 1.28 bits per heavy atom. The number of aromatic nitrogens is 2. The van der Waals surface area contributed by atoms with Crippen LogP contribution in [0.25, 0.3) is 11.0 Å². The summed E-state index contributed by atoms with van der Waals surface area (Å²) in [6.07, 6.45) is 0.169. The zero-order chi connectivity index (χ0) is 13.3. The molecule has 0 aliphatic heterocycles. The normalized spacial score (nSPS) is 11.7. The number of halogens is 1. The average Bonchev–Trinajstić information content (AvgIpc) is 2.65. The summed E-state index contributed by atoms with van der Waals surface area (Å²) in [5, 5.41) is 0. The van der Waals surface area contributed by atoms with Crippen molar-refractivity contribution >= 4 is 22.6 Å². The molecule has 0 atom stereocenters. The maximum absolute atomic E-state index is 5.96. The van der Waals surface area contributed by atoms with E-state index in [9.17, 15) is 0 Å². The molecule has 1 aromatic carbocycles. The molecule has 1 heterocycles. The summed E-state index contributed by atoms with van der Waals surface area (Å²) in [4.78, 5) is 4.57. The van der Waals surface area contributed by atoms with E-state index in [-0.39, 0.29) is 6.10 Å². The molecule has 18 heavy (non-hydrogen) atoms. The first-order valence-electron chi connectivity index (χ1n) is 6.26. The minimum absolute atomic E-state index is 0.169. The molecule has 3 nitrogen and oxygen atoms in total. The first-order chi connectivity index (χ1) is 8.52. The van der Waals surface area contributed by atoms with Crippen molar-refractivity contribution in [2.24, 2.45) is 0 Å². The van der Waals surface area contributed by atoms with Crippen molar-refractivity contribution < 1.29 is 4.74 Å². The van der Waals surface area contributed by atoms with Crippen molar-refractivity contribution in [2.75, 3.05) is 0 Å². The van der Waals surface area contributed by atoms with Gasteiger partial charge in [-0.15, -0.1) is 11.6 Å². The molecule has 0 aliphatic carbocycles. The third-order valence-corrected chi connectivity index (χ3v) is 2.98. The number of benzene rings is 1. The van der Waals surface area contributed by atoms with Crippen molar-refractivity contribution in [1.29, 1.82) is 0 Å². The van der Waals surface area contributed by atoms with E-state index in [1.54, 1.807) is 0 Å². The lowest BCUT2D eigenvalue weighted by Gasteiger charge is -2.12. The zero-order valence-corrected chi connectivity index (χ0v) is 12.0. The van der Waals surface area contributed by atoms with Crippen LogP contribution in [0.5, 0.6) is 5.75 Å². The molecule has 0 N–H and O–H groups in total. The Morgan fingerprint density at radius 3 is 2.56 bits per heavy atom. The first kappa shape index (κ1) is 13.2. The molecule has 0 bridgehead atoms. The summed E-state index contributed by atoms with van der Waals surface area (Å²) in [6, 6.07) is 6.36. The molecule has 0 saturated heterocycles.